The second-order valence-corrected chi connectivity index (χ2v) is 5.17. The topological polar surface area (TPSA) is 50.4 Å². The van der Waals surface area contributed by atoms with Crippen molar-refractivity contribution in [2.75, 3.05) is 0 Å². The van der Waals surface area contributed by atoms with Crippen LogP contribution >= 0.6 is 11.6 Å². The van der Waals surface area contributed by atoms with E-state index in [9.17, 15) is 0 Å². The second-order valence-electron chi connectivity index (χ2n) is 4.76. The van der Waals surface area contributed by atoms with E-state index in [1.807, 2.05) is 45.9 Å². The lowest BCUT2D eigenvalue weighted by molar-refractivity contribution is 0.580. The molecule has 0 radical (unpaired) electrons. The number of rotatable bonds is 1. The third kappa shape index (κ3) is 3.51. The van der Waals surface area contributed by atoms with E-state index in [0.717, 1.165) is 11.1 Å². The zero-order chi connectivity index (χ0) is 12.3. The average Bonchev–Trinajstić information content (AvgIpc) is 2.13. The van der Waals surface area contributed by atoms with Gasteiger partial charge in [-0.25, -0.2) is 5.84 Å². The first-order valence-electron chi connectivity index (χ1n) is 5.16. The van der Waals surface area contributed by atoms with E-state index in [1.54, 1.807) is 0 Å². The zero-order valence-electron chi connectivity index (χ0n) is 10.1. The van der Waals surface area contributed by atoms with Crippen molar-refractivity contribution >= 4 is 17.4 Å². The van der Waals surface area contributed by atoms with Gasteiger partial charge in [0.15, 0.2) is 0 Å². The van der Waals surface area contributed by atoms with E-state index in [-0.39, 0.29) is 5.54 Å². The molecule has 1 aromatic rings. The van der Waals surface area contributed by atoms with Crippen LogP contribution in [0.4, 0.5) is 0 Å². The molecule has 0 spiro atoms. The van der Waals surface area contributed by atoms with E-state index >= 15 is 0 Å². The van der Waals surface area contributed by atoms with Crippen LogP contribution in [0, 0.1) is 6.92 Å². The third-order valence-corrected chi connectivity index (χ3v) is 2.28. The number of benzene rings is 1. The molecule has 4 heteroatoms. The van der Waals surface area contributed by atoms with Gasteiger partial charge >= 0.3 is 0 Å². The van der Waals surface area contributed by atoms with E-state index < -0.39 is 0 Å². The summed E-state index contributed by atoms with van der Waals surface area (Å²) in [5.74, 6) is 6.09. The van der Waals surface area contributed by atoms with Gasteiger partial charge in [0, 0.05) is 5.56 Å². The zero-order valence-corrected chi connectivity index (χ0v) is 10.9. The Bertz CT molecular complexity index is 405. The maximum Gasteiger partial charge on any atom is 0.144 e. The van der Waals surface area contributed by atoms with Crippen LogP contribution in [0.15, 0.2) is 23.2 Å². The minimum Gasteiger partial charge on any atom is -0.308 e. The molecule has 0 aliphatic heterocycles. The Morgan fingerprint density at radius 3 is 2.44 bits per heavy atom. The largest absolute Gasteiger partial charge is 0.308 e. The summed E-state index contributed by atoms with van der Waals surface area (Å²) in [5.41, 5.74) is 4.34. The summed E-state index contributed by atoms with van der Waals surface area (Å²) < 4.78 is 0. The first-order chi connectivity index (χ1) is 7.33. The van der Waals surface area contributed by atoms with Crippen molar-refractivity contribution in [3.8, 4) is 0 Å². The molecule has 0 atom stereocenters. The van der Waals surface area contributed by atoms with Crippen LogP contribution in [0.2, 0.25) is 5.02 Å². The summed E-state index contributed by atoms with van der Waals surface area (Å²) in [6.45, 7) is 8.01. The number of nitrogens with one attached hydrogen (secondary N) is 1. The van der Waals surface area contributed by atoms with E-state index in [0.29, 0.717) is 10.9 Å². The van der Waals surface area contributed by atoms with E-state index in [4.69, 9.17) is 17.4 Å². The molecule has 0 aliphatic rings. The van der Waals surface area contributed by atoms with Crippen molar-refractivity contribution in [2.45, 2.75) is 33.2 Å². The van der Waals surface area contributed by atoms with Crippen molar-refractivity contribution in [3.05, 3.63) is 34.3 Å². The number of hydrazine groups is 1. The highest BCUT2D eigenvalue weighted by molar-refractivity contribution is 6.34. The Morgan fingerprint density at radius 1 is 1.38 bits per heavy atom. The molecule has 88 valence electrons. The molecule has 0 fully saturated rings. The molecular formula is C12H18ClN3. The van der Waals surface area contributed by atoms with Gasteiger partial charge in [0.2, 0.25) is 0 Å². The van der Waals surface area contributed by atoms with Crippen molar-refractivity contribution in [1.29, 1.82) is 0 Å². The highest BCUT2D eigenvalue weighted by Crippen LogP contribution is 2.19. The number of halogens is 1. The molecule has 3 N–H and O–H groups in total. The van der Waals surface area contributed by atoms with Crippen LogP contribution in [0.1, 0.15) is 31.9 Å². The molecule has 0 amide bonds. The Hall–Kier alpha value is -1.06. The van der Waals surface area contributed by atoms with Crippen LogP contribution < -0.4 is 11.3 Å². The summed E-state index contributed by atoms with van der Waals surface area (Å²) >= 11 is 6.16. The van der Waals surface area contributed by atoms with Crippen LogP contribution in [-0.4, -0.2) is 11.4 Å². The Labute approximate surface area is 102 Å². The molecule has 0 aromatic heterocycles. The van der Waals surface area contributed by atoms with Crippen molar-refractivity contribution in [1.82, 2.24) is 5.43 Å². The summed E-state index contributed by atoms with van der Waals surface area (Å²) in [6.07, 6.45) is 0. The fraction of sp³-hybridized carbons (Fsp3) is 0.417. The number of hydrogen-bond acceptors (Lipinski definition) is 2. The SMILES string of the molecule is Cc1ccc(C(=NC(C)(C)C)NN)c(Cl)c1. The molecule has 16 heavy (non-hydrogen) atoms. The predicted octanol–water partition coefficient (Wildman–Crippen LogP) is 2.66. The number of aryl methyl sites for hydroxylation is 1. The number of amidine groups is 1. The van der Waals surface area contributed by atoms with Gasteiger partial charge in [-0.2, -0.15) is 0 Å². The molecule has 0 saturated heterocycles. The van der Waals surface area contributed by atoms with Gasteiger partial charge in [-0.05, 0) is 45.4 Å². The maximum absolute atomic E-state index is 6.16. The number of aliphatic imine (C=N–C) groups is 1. The molecule has 3 nitrogen and oxygen atoms in total. The average molecular weight is 240 g/mol. The molecule has 1 aromatic carbocycles. The van der Waals surface area contributed by atoms with Crippen molar-refractivity contribution in [2.24, 2.45) is 10.8 Å². The van der Waals surface area contributed by atoms with Crippen molar-refractivity contribution in [3.63, 3.8) is 0 Å². The minimum atomic E-state index is -0.198. The van der Waals surface area contributed by atoms with Gasteiger partial charge < -0.3 is 5.43 Å². The Kier molecular flexibility index (Phi) is 3.94. The van der Waals surface area contributed by atoms with Crippen LogP contribution in [0.25, 0.3) is 0 Å². The highest BCUT2D eigenvalue weighted by atomic mass is 35.5. The van der Waals surface area contributed by atoms with Gasteiger partial charge in [-0.3, -0.25) is 4.99 Å². The fourth-order valence-corrected chi connectivity index (χ4v) is 1.64. The fourth-order valence-electron chi connectivity index (χ4n) is 1.32. The van der Waals surface area contributed by atoms with Crippen LogP contribution in [-0.2, 0) is 0 Å². The normalized spacial score (nSPS) is 12.8. The van der Waals surface area contributed by atoms with Crippen molar-refractivity contribution < 1.29 is 0 Å². The lowest BCUT2D eigenvalue weighted by atomic mass is 10.1. The lowest BCUT2D eigenvalue weighted by Crippen LogP contribution is -2.33. The molecule has 0 aliphatic carbocycles. The van der Waals surface area contributed by atoms with Gasteiger partial charge in [-0.1, -0.05) is 17.7 Å². The first-order valence-corrected chi connectivity index (χ1v) is 5.54. The van der Waals surface area contributed by atoms with Gasteiger partial charge in [0.25, 0.3) is 0 Å². The Morgan fingerprint density at radius 2 is 2.00 bits per heavy atom. The monoisotopic (exact) mass is 239 g/mol. The highest BCUT2D eigenvalue weighted by Gasteiger charge is 2.13. The van der Waals surface area contributed by atoms with E-state index in [1.165, 1.54) is 0 Å². The number of nitrogens with two attached hydrogens (primary N) is 1. The number of hydrogen-bond donors (Lipinski definition) is 2. The molecule has 0 saturated carbocycles. The summed E-state index contributed by atoms with van der Waals surface area (Å²) in [5, 5.41) is 0.654. The molecular weight excluding hydrogens is 222 g/mol. The summed E-state index contributed by atoms with van der Waals surface area (Å²) in [6, 6.07) is 5.80. The van der Waals surface area contributed by atoms with E-state index in [2.05, 4.69) is 10.4 Å². The standard InChI is InChI=1S/C12H18ClN3/c1-8-5-6-9(10(13)7-8)11(16-14)15-12(2,3)4/h5-7H,14H2,1-4H3,(H,15,16). The van der Waals surface area contributed by atoms with Gasteiger partial charge in [0.05, 0.1) is 10.6 Å². The van der Waals surface area contributed by atoms with Crippen LogP contribution in [0.5, 0.6) is 0 Å². The summed E-state index contributed by atoms with van der Waals surface area (Å²) in [4.78, 5) is 4.48. The van der Waals surface area contributed by atoms with Gasteiger partial charge in [-0.15, -0.1) is 0 Å². The molecule has 0 unspecified atom stereocenters. The second kappa shape index (κ2) is 4.85. The minimum absolute atomic E-state index is 0.198. The third-order valence-electron chi connectivity index (χ3n) is 1.96. The van der Waals surface area contributed by atoms with Crippen LogP contribution in [0.3, 0.4) is 0 Å². The quantitative estimate of drug-likeness (QED) is 0.343. The maximum atomic E-state index is 6.16. The molecule has 1 rings (SSSR count). The molecule has 0 heterocycles. The lowest BCUT2D eigenvalue weighted by Gasteiger charge is -2.16. The smallest absolute Gasteiger partial charge is 0.144 e. The van der Waals surface area contributed by atoms with Gasteiger partial charge in [0.1, 0.15) is 5.84 Å². The summed E-state index contributed by atoms with van der Waals surface area (Å²) in [7, 11) is 0. The Balaban J connectivity index is 3.19. The first kappa shape index (κ1) is 13.0. The molecule has 0 bridgehead atoms. The predicted molar refractivity (Wildman–Crippen MR) is 69.8 cm³/mol. The number of nitrogens with zero attached hydrogens (tertiary/aromatic N) is 1.